The molecule has 0 fully saturated rings. The van der Waals surface area contributed by atoms with Crippen LogP contribution in [-0.2, 0) is 19.6 Å². The topological polar surface area (TPSA) is 92.8 Å². The highest BCUT2D eigenvalue weighted by Crippen LogP contribution is 2.28. The Kier molecular flexibility index (Phi) is 7.96. The molecular weight excluding hydrogens is 476 g/mol. The SMILES string of the molecule is CCOC(=O)c1cc(NC(=O)CN(c2ccc(C)cc2C)S(=O)(=O)c2ccccc2)ccc1Cl. The van der Waals surface area contributed by atoms with Crippen LogP contribution in [0.4, 0.5) is 11.4 Å². The van der Waals surface area contributed by atoms with Crippen molar-refractivity contribution in [2.75, 3.05) is 22.8 Å². The van der Waals surface area contributed by atoms with E-state index in [-0.39, 0.29) is 27.8 Å². The molecule has 3 rings (SSSR count). The maximum absolute atomic E-state index is 13.5. The van der Waals surface area contributed by atoms with Crippen LogP contribution in [0.15, 0.2) is 71.6 Å². The molecule has 0 saturated heterocycles. The zero-order valence-electron chi connectivity index (χ0n) is 19.0. The van der Waals surface area contributed by atoms with Crippen molar-refractivity contribution in [2.24, 2.45) is 0 Å². The summed E-state index contributed by atoms with van der Waals surface area (Å²) in [6.07, 6.45) is 0. The molecule has 1 amide bonds. The molecule has 0 atom stereocenters. The lowest BCUT2D eigenvalue weighted by Gasteiger charge is -2.26. The number of aryl methyl sites for hydroxylation is 2. The van der Waals surface area contributed by atoms with E-state index in [1.165, 1.54) is 30.3 Å². The molecule has 0 radical (unpaired) electrons. The first kappa shape index (κ1) is 25.3. The lowest BCUT2D eigenvalue weighted by molar-refractivity contribution is -0.114. The molecule has 0 unspecified atom stereocenters. The first-order chi connectivity index (χ1) is 16.1. The molecule has 3 aromatic rings. The summed E-state index contributed by atoms with van der Waals surface area (Å²) in [7, 11) is -4.04. The summed E-state index contributed by atoms with van der Waals surface area (Å²) >= 11 is 6.08. The minimum atomic E-state index is -4.04. The highest BCUT2D eigenvalue weighted by atomic mass is 35.5. The summed E-state index contributed by atoms with van der Waals surface area (Å²) in [4.78, 5) is 25.2. The van der Waals surface area contributed by atoms with Crippen LogP contribution >= 0.6 is 11.6 Å². The molecule has 178 valence electrons. The third kappa shape index (κ3) is 5.76. The molecule has 1 N–H and O–H groups in total. The summed E-state index contributed by atoms with van der Waals surface area (Å²) in [6, 6.07) is 17.6. The maximum Gasteiger partial charge on any atom is 0.339 e. The van der Waals surface area contributed by atoms with Crippen molar-refractivity contribution in [3.8, 4) is 0 Å². The standard InChI is InChI=1S/C25H25ClN2O5S/c1-4-33-25(30)21-15-19(11-12-22(21)26)27-24(29)16-28(23-13-10-17(2)14-18(23)3)34(31,32)20-8-6-5-7-9-20/h5-15H,4,16H2,1-3H3,(H,27,29). The summed E-state index contributed by atoms with van der Waals surface area (Å²) in [5.41, 5.74) is 2.46. The number of halogens is 1. The lowest BCUT2D eigenvalue weighted by Crippen LogP contribution is -2.38. The Morgan fingerprint density at radius 1 is 1.00 bits per heavy atom. The second kappa shape index (κ2) is 10.7. The number of benzene rings is 3. The molecule has 0 bridgehead atoms. The molecule has 0 aliphatic rings. The van der Waals surface area contributed by atoms with E-state index in [0.717, 1.165) is 9.87 Å². The fourth-order valence-electron chi connectivity index (χ4n) is 3.40. The minimum Gasteiger partial charge on any atom is -0.462 e. The Hall–Kier alpha value is -3.36. The van der Waals surface area contributed by atoms with Gasteiger partial charge in [0.2, 0.25) is 5.91 Å². The summed E-state index contributed by atoms with van der Waals surface area (Å²) < 4.78 is 33.0. The third-order valence-electron chi connectivity index (χ3n) is 4.98. The number of nitrogens with one attached hydrogen (secondary N) is 1. The van der Waals surface area contributed by atoms with Gasteiger partial charge in [0, 0.05) is 5.69 Å². The molecule has 0 aliphatic heterocycles. The molecular formula is C25H25ClN2O5S. The number of nitrogens with zero attached hydrogens (tertiary/aromatic N) is 1. The van der Waals surface area contributed by atoms with Crippen molar-refractivity contribution < 1.29 is 22.7 Å². The van der Waals surface area contributed by atoms with Crippen molar-refractivity contribution in [3.05, 3.63) is 88.4 Å². The first-order valence-corrected chi connectivity index (χ1v) is 12.4. The predicted octanol–water partition coefficient (Wildman–Crippen LogP) is 4.97. The van der Waals surface area contributed by atoms with E-state index in [9.17, 15) is 18.0 Å². The van der Waals surface area contributed by atoms with Gasteiger partial charge >= 0.3 is 5.97 Å². The molecule has 0 aromatic heterocycles. The Morgan fingerprint density at radius 3 is 2.35 bits per heavy atom. The Morgan fingerprint density at radius 2 is 1.71 bits per heavy atom. The zero-order valence-corrected chi connectivity index (χ0v) is 20.6. The molecule has 9 heteroatoms. The van der Waals surface area contributed by atoms with Crippen LogP contribution in [0, 0.1) is 13.8 Å². The fraction of sp³-hybridized carbons (Fsp3) is 0.200. The Balaban J connectivity index is 1.94. The number of amides is 1. The Labute approximate surface area is 204 Å². The molecule has 34 heavy (non-hydrogen) atoms. The van der Waals surface area contributed by atoms with Crippen molar-refractivity contribution in [2.45, 2.75) is 25.7 Å². The molecule has 0 aliphatic carbocycles. The highest BCUT2D eigenvalue weighted by Gasteiger charge is 2.28. The van der Waals surface area contributed by atoms with E-state index in [2.05, 4.69) is 5.32 Å². The van der Waals surface area contributed by atoms with Gasteiger partial charge in [-0.25, -0.2) is 13.2 Å². The molecule has 7 nitrogen and oxygen atoms in total. The van der Waals surface area contributed by atoms with E-state index in [4.69, 9.17) is 16.3 Å². The summed E-state index contributed by atoms with van der Waals surface area (Å²) in [5.74, 6) is -1.20. The number of carbonyl (C=O) groups is 2. The monoisotopic (exact) mass is 500 g/mol. The molecule has 0 saturated carbocycles. The van der Waals surface area contributed by atoms with Gasteiger partial charge in [-0.1, -0.05) is 47.5 Å². The maximum atomic E-state index is 13.5. The number of ether oxygens (including phenoxy) is 1. The predicted molar refractivity (Wildman–Crippen MR) is 133 cm³/mol. The molecule has 0 spiro atoms. The number of hydrogen-bond acceptors (Lipinski definition) is 5. The van der Waals surface area contributed by atoms with Crippen molar-refractivity contribution in [1.82, 2.24) is 0 Å². The van der Waals surface area contributed by atoms with Crippen molar-refractivity contribution in [3.63, 3.8) is 0 Å². The van der Waals surface area contributed by atoms with Gasteiger partial charge in [-0.15, -0.1) is 0 Å². The van der Waals surface area contributed by atoms with Crippen LogP contribution in [0.25, 0.3) is 0 Å². The number of carbonyl (C=O) groups excluding carboxylic acids is 2. The van der Waals surface area contributed by atoms with E-state index in [1.54, 1.807) is 44.2 Å². The number of anilines is 2. The summed E-state index contributed by atoms with van der Waals surface area (Å²) in [6.45, 7) is 5.07. The van der Waals surface area contributed by atoms with Gasteiger partial charge in [0.1, 0.15) is 6.54 Å². The number of hydrogen-bond donors (Lipinski definition) is 1. The van der Waals surface area contributed by atoms with E-state index >= 15 is 0 Å². The van der Waals surface area contributed by atoms with Crippen molar-refractivity contribution >= 4 is 44.9 Å². The van der Waals surface area contributed by atoms with Crippen LogP contribution in [-0.4, -0.2) is 33.4 Å². The van der Waals surface area contributed by atoms with Crippen molar-refractivity contribution in [1.29, 1.82) is 0 Å². The summed E-state index contributed by atoms with van der Waals surface area (Å²) in [5, 5.41) is 2.83. The second-order valence-electron chi connectivity index (χ2n) is 7.58. The quantitative estimate of drug-likeness (QED) is 0.441. The Bertz CT molecular complexity index is 1310. The lowest BCUT2D eigenvalue weighted by atomic mass is 10.1. The van der Waals surface area contributed by atoms with Crippen LogP contribution in [0.5, 0.6) is 0 Å². The van der Waals surface area contributed by atoms with E-state index in [1.807, 2.05) is 13.0 Å². The van der Waals surface area contributed by atoms with Gasteiger partial charge in [-0.05, 0) is 62.7 Å². The van der Waals surface area contributed by atoms with E-state index < -0.39 is 28.4 Å². The smallest absolute Gasteiger partial charge is 0.339 e. The number of rotatable bonds is 8. The van der Waals surface area contributed by atoms with Gasteiger partial charge in [0.05, 0.1) is 27.8 Å². The zero-order chi connectivity index (χ0) is 24.9. The average molecular weight is 501 g/mol. The second-order valence-corrected chi connectivity index (χ2v) is 9.85. The van der Waals surface area contributed by atoms with Crippen LogP contribution in [0.2, 0.25) is 5.02 Å². The van der Waals surface area contributed by atoms with Crippen LogP contribution < -0.4 is 9.62 Å². The van der Waals surface area contributed by atoms with E-state index in [0.29, 0.717) is 11.3 Å². The van der Waals surface area contributed by atoms with Crippen LogP contribution in [0.3, 0.4) is 0 Å². The first-order valence-electron chi connectivity index (χ1n) is 10.5. The largest absolute Gasteiger partial charge is 0.462 e. The molecule has 0 heterocycles. The number of esters is 1. The third-order valence-corrected chi connectivity index (χ3v) is 7.09. The highest BCUT2D eigenvalue weighted by molar-refractivity contribution is 7.92. The van der Waals surface area contributed by atoms with Gasteiger partial charge in [-0.3, -0.25) is 9.10 Å². The van der Waals surface area contributed by atoms with Gasteiger partial charge < -0.3 is 10.1 Å². The fourth-order valence-corrected chi connectivity index (χ4v) is 5.11. The molecule has 3 aromatic carbocycles. The van der Waals surface area contributed by atoms with Gasteiger partial charge in [0.25, 0.3) is 10.0 Å². The average Bonchev–Trinajstić information content (AvgIpc) is 2.80. The normalized spacial score (nSPS) is 11.1. The van der Waals surface area contributed by atoms with Gasteiger partial charge in [0.15, 0.2) is 0 Å². The minimum absolute atomic E-state index is 0.0684. The van der Waals surface area contributed by atoms with Gasteiger partial charge in [-0.2, -0.15) is 0 Å². The van der Waals surface area contributed by atoms with Crippen LogP contribution in [0.1, 0.15) is 28.4 Å². The number of sulfonamides is 1.